The second kappa shape index (κ2) is 3.00. The van der Waals surface area contributed by atoms with Gasteiger partial charge in [0, 0.05) is 6.54 Å². The summed E-state index contributed by atoms with van der Waals surface area (Å²) in [6.07, 6.45) is 0. The first-order valence-corrected chi connectivity index (χ1v) is 3.65. The van der Waals surface area contributed by atoms with Gasteiger partial charge in [-0.15, -0.1) is 0 Å². The molecule has 0 aliphatic carbocycles. The molecule has 4 nitrogen and oxygen atoms in total. The molecule has 1 saturated heterocycles. The maximum Gasteiger partial charge on any atom is 0.237 e. The van der Waals surface area contributed by atoms with Crippen LogP contribution in [0, 0.1) is 0 Å². The number of carbonyl (C=O) groups is 2. The fourth-order valence-corrected chi connectivity index (χ4v) is 0.980. The normalized spacial score (nSPS) is 31.3. The quantitative estimate of drug-likeness (QED) is 0.514. The van der Waals surface area contributed by atoms with Gasteiger partial charge in [-0.2, -0.15) is 0 Å². The van der Waals surface area contributed by atoms with E-state index >= 15 is 0 Å². The third-order valence-corrected chi connectivity index (χ3v) is 1.83. The molecule has 0 radical (unpaired) electrons. The largest absolute Gasteiger partial charge is 0.344 e. The molecule has 1 amide bonds. The fraction of sp³-hybridized carbons (Fsp3) is 0.714. The van der Waals surface area contributed by atoms with Gasteiger partial charge < -0.3 is 10.6 Å². The maximum atomic E-state index is 11.0. The summed E-state index contributed by atoms with van der Waals surface area (Å²) in [4.78, 5) is 21.8. The number of rotatable bonds is 1. The molecule has 4 heteroatoms. The van der Waals surface area contributed by atoms with Crippen molar-refractivity contribution in [3.05, 3.63) is 0 Å². The van der Waals surface area contributed by atoms with Gasteiger partial charge in [-0.25, -0.2) is 0 Å². The number of hydrogen-bond acceptors (Lipinski definition) is 3. The number of hydrogen-bond donors (Lipinski definition) is 2. The van der Waals surface area contributed by atoms with Crippen LogP contribution >= 0.6 is 0 Å². The van der Waals surface area contributed by atoms with Crippen LogP contribution in [0.25, 0.3) is 0 Å². The lowest BCUT2D eigenvalue weighted by molar-refractivity contribution is -0.130. The van der Waals surface area contributed by atoms with Gasteiger partial charge in [0.2, 0.25) is 5.91 Å². The van der Waals surface area contributed by atoms with Crippen LogP contribution < -0.4 is 10.6 Å². The molecular formula is C7H12N2O2. The number of nitrogens with one attached hydrogen (secondary N) is 2. The highest BCUT2D eigenvalue weighted by Crippen LogP contribution is 1.94. The van der Waals surface area contributed by atoms with Gasteiger partial charge in [0.05, 0.1) is 12.1 Å². The summed E-state index contributed by atoms with van der Waals surface area (Å²) in [7, 11) is 0. The summed E-state index contributed by atoms with van der Waals surface area (Å²) < 4.78 is 0. The van der Waals surface area contributed by atoms with Gasteiger partial charge >= 0.3 is 0 Å². The molecule has 1 fully saturated rings. The molecule has 0 spiro atoms. The molecule has 2 atom stereocenters. The van der Waals surface area contributed by atoms with Crippen molar-refractivity contribution in [2.45, 2.75) is 25.9 Å². The summed E-state index contributed by atoms with van der Waals surface area (Å²) in [5.74, 6) is -0.103. The van der Waals surface area contributed by atoms with Crippen LogP contribution in [-0.2, 0) is 9.59 Å². The van der Waals surface area contributed by atoms with Crippen LogP contribution in [0.15, 0.2) is 0 Å². The Kier molecular flexibility index (Phi) is 2.24. The summed E-state index contributed by atoms with van der Waals surface area (Å²) in [5.41, 5.74) is 0. The summed E-state index contributed by atoms with van der Waals surface area (Å²) in [6, 6.07) is -0.510. The highest BCUT2D eigenvalue weighted by atomic mass is 16.2. The highest BCUT2D eigenvalue weighted by Gasteiger charge is 2.25. The van der Waals surface area contributed by atoms with E-state index < -0.39 is 0 Å². The molecule has 1 aliphatic rings. The highest BCUT2D eigenvalue weighted by molar-refractivity contribution is 5.90. The summed E-state index contributed by atoms with van der Waals surface area (Å²) in [5, 5.41) is 5.54. The van der Waals surface area contributed by atoms with Gasteiger partial charge in [0.25, 0.3) is 0 Å². The van der Waals surface area contributed by atoms with Crippen LogP contribution in [0.1, 0.15) is 13.8 Å². The second-order valence-electron chi connectivity index (χ2n) is 2.80. The van der Waals surface area contributed by atoms with Crippen molar-refractivity contribution in [2.75, 3.05) is 6.54 Å². The van der Waals surface area contributed by atoms with E-state index in [2.05, 4.69) is 10.6 Å². The molecule has 0 bridgehead atoms. The predicted molar refractivity (Wildman–Crippen MR) is 40.1 cm³/mol. The van der Waals surface area contributed by atoms with E-state index in [1.807, 2.05) is 0 Å². The molecular weight excluding hydrogens is 144 g/mol. The first kappa shape index (κ1) is 8.20. The van der Waals surface area contributed by atoms with Crippen molar-refractivity contribution in [3.8, 4) is 0 Å². The van der Waals surface area contributed by atoms with Crippen LogP contribution in [0.4, 0.5) is 0 Å². The lowest BCUT2D eigenvalue weighted by Gasteiger charge is -2.26. The van der Waals surface area contributed by atoms with E-state index in [4.69, 9.17) is 0 Å². The number of carbonyl (C=O) groups excluding carboxylic acids is 2. The molecule has 1 heterocycles. The third kappa shape index (κ3) is 1.77. The van der Waals surface area contributed by atoms with Crippen LogP contribution in [0.2, 0.25) is 0 Å². The molecule has 2 N–H and O–H groups in total. The minimum Gasteiger partial charge on any atom is -0.344 e. The first-order chi connectivity index (χ1) is 5.11. The second-order valence-corrected chi connectivity index (χ2v) is 2.80. The van der Waals surface area contributed by atoms with Crippen LogP contribution in [0.5, 0.6) is 0 Å². The van der Waals surface area contributed by atoms with Crippen molar-refractivity contribution >= 4 is 11.7 Å². The lowest BCUT2D eigenvalue weighted by Crippen LogP contribution is -2.59. The molecule has 0 aromatic heterocycles. The van der Waals surface area contributed by atoms with Crippen molar-refractivity contribution in [1.29, 1.82) is 0 Å². The Hall–Kier alpha value is -0.900. The molecule has 0 aromatic rings. The van der Waals surface area contributed by atoms with E-state index in [1.165, 1.54) is 6.92 Å². The SMILES string of the molecule is CC(=O)[C@H]1CN[C@@H](C)C(=O)N1. The van der Waals surface area contributed by atoms with Gasteiger partial charge in [-0.1, -0.05) is 0 Å². The Morgan fingerprint density at radius 1 is 1.64 bits per heavy atom. The smallest absolute Gasteiger partial charge is 0.237 e. The Balaban J connectivity index is 2.53. The monoisotopic (exact) mass is 156 g/mol. The van der Waals surface area contributed by atoms with Crippen LogP contribution in [0.3, 0.4) is 0 Å². The van der Waals surface area contributed by atoms with Crippen molar-refractivity contribution in [2.24, 2.45) is 0 Å². The molecule has 11 heavy (non-hydrogen) atoms. The molecule has 1 rings (SSSR count). The van der Waals surface area contributed by atoms with E-state index in [9.17, 15) is 9.59 Å². The number of piperazine rings is 1. The average Bonchev–Trinajstić information content (AvgIpc) is 1.94. The Morgan fingerprint density at radius 3 is 2.73 bits per heavy atom. The van der Waals surface area contributed by atoms with Gasteiger partial charge in [0.1, 0.15) is 0 Å². The minimum atomic E-state index is -0.335. The number of Topliss-reactive ketones (excluding diaryl/α,β-unsaturated/α-hetero) is 1. The van der Waals surface area contributed by atoms with Gasteiger partial charge in [0.15, 0.2) is 5.78 Å². The zero-order valence-corrected chi connectivity index (χ0v) is 6.68. The number of amides is 1. The maximum absolute atomic E-state index is 11.0. The zero-order valence-electron chi connectivity index (χ0n) is 6.68. The molecule has 1 aliphatic heterocycles. The Labute approximate surface area is 65.3 Å². The lowest BCUT2D eigenvalue weighted by atomic mass is 10.1. The van der Waals surface area contributed by atoms with Crippen molar-refractivity contribution < 1.29 is 9.59 Å². The minimum absolute atomic E-state index is 0.00208. The van der Waals surface area contributed by atoms with Gasteiger partial charge in [-0.3, -0.25) is 9.59 Å². The predicted octanol–water partition coefficient (Wildman–Crippen LogP) is -0.948. The van der Waals surface area contributed by atoms with Crippen molar-refractivity contribution in [1.82, 2.24) is 10.6 Å². The Morgan fingerprint density at radius 2 is 2.27 bits per heavy atom. The number of ketones is 1. The summed E-state index contributed by atoms with van der Waals surface area (Å²) >= 11 is 0. The van der Waals surface area contributed by atoms with Gasteiger partial charge in [-0.05, 0) is 13.8 Å². The van der Waals surface area contributed by atoms with E-state index in [-0.39, 0.29) is 23.8 Å². The fourth-order valence-electron chi connectivity index (χ4n) is 0.980. The molecule has 62 valence electrons. The van der Waals surface area contributed by atoms with E-state index in [1.54, 1.807) is 6.92 Å². The van der Waals surface area contributed by atoms with E-state index in [0.29, 0.717) is 6.54 Å². The standard InChI is InChI=1S/C7H12N2O2/c1-4-7(11)9-6(3-8-4)5(2)10/h4,6,8H,3H2,1-2H3,(H,9,11)/t4-,6+/m0/s1. The third-order valence-electron chi connectivity index (χ3n) is 1.83. The van der Waals surface area contributed by atoms with Crippen LogP contribution in [-0.4, -0.2) is 30.3 Å². The Bertz CT molecular complexity index is 191. The molecule has 0 unspecified atom stereocenters. The molecule has 0 aromatic carbocycles. The zero-order chi connectivity index (χ0) is 8.43. The molecule has 0 saturated carbocycles. The topological polar surface area (TPSA) is 58.2 Å². The average molecular weight is 156 g/mol. The summed E-state index contributed by atoms with van der Waals surface area (Å²) in [6.45, 7) is 3.79. The van der Waals surface area contributed by atoms with Crippen molar-refractivity contribution in [3.63, 3.8) is 0 Å². The first-order valence-electron chi connectivity index (χ1n) is 3.65. The van der Waals surface area contributed by atoms with E-state index in [0.717, 1.165) is 0 Å².